The summed E-state index contributed by atoms with van der Waals surface area (Å²) in [6.07, 6.45) is 1.82. The second kappa shape index (κ2) is 6.54. The van der Waals surface area contributed by atoms with Crippen LogP contribution in [-0.2, 0) is 17.8 Å². The highest BCUT2D eigenvalue weighted by atomic mass is 32.1. The van der Waals surface area contributed by atoms with Crippen molar-refractivity contribution in [2.24, 2.45) is 0 Å². The number of carbonyl (C=O) groups excluding carboxylic acids is 1. The van der Waals surface area contributed by atoms with Crippen LogP contribution in [0.15, 0.2) is 0 Å². The molecule has 1 aromatic heterocycles. The second-order valence-electron chi connectivity index (χ2n) is 3.85. The molecule has 1 aromatic rings. The van der Waals surface area contributed by atoms with E-state index >= 15 is 0 Å². The van der Waals surface area contributed by atoms with Gasteiger partial charge in [0.25, 0.3) is 0 Å². The average molecular weight is 256 g/mol. The van der Waals surface area contributed by atoms with Crippen LogP contribution in [0.4, 0.5) is 0 Å². The Balaban J connectivity index is 2.83. The Morgan fingerprint density at radius 1 is 1.41 bits per heavy atom. The topological polar surface area (TPSA) is 53.9 Å². The fourth-order valence-corrected chi connectivity index (χ4v) is 1.95. The van der Waals surface area contributed by atoms with Crippen molar-refractivity contribution in [3.05, 3.63) is 10.6 Å². The molecule has 0 saturated heterocycles. The molecule has 5 nitrogen and oxygen atoms in total. The van der Waals surface area contributed by atoms with E-state index in [0.29, 0.717) is 4.77 Å². The first-order chi connectivity index (χ1) is 8.13. The van der Waals surface area contributed by atoms with E-state index < -0.39 is 0 Å². The fourth-order valence-electron chi connectivity index (χ4n) is 1.74. The van der Waals surface area contributed by atoms with Crippen LogP contribution in [-0.4, -0.2) is 38.7 Å². The van der Waals surface area contributed by atoms with Gasteiger partial charge in [0, 0.05) is 19.5 Å². The third kappa shape index (κ3) is 3.39. The normalized spacial score (nSPS) is 10.5. The Bertz CT molecular complexity index is 419. The molecule has 0 spiro atoms. The van der Waals surface area contributed by atoms with Gasteiger partial charge in [0.05, 0.1) is 0 Å². The molecule has 0 aliphatic heterocycles. The predicted octanol–water partition coefficient (Wildman–Crippen LogP) is 1.76. The molecule has 0 radical (unpaired) electrons. The zero-order chi connectivity index (χ0) is 12.8. The van der Waals surface area contributed by atoms with Crippen LogP contribution < -0.4 is 0 Å². The molecule has 96 valence electrons. The minimum Gasteiger partial charge on any atom is -0.342 e. The summed E-state index contributed by atoms with van der Waals surface area (Å²) in [6.45, 7) is 7.76. The molecule has 0 aliphatic carbocycles. The summed E-state index contributed by atoms with van der Waals surface area (Å²) in [5.41, 5.74) is 0. The number of rotatable bonds is 6. The molecule has 1 N–H and O–H groups in total. The molecule has 0 fully saturated rings. The Kier molecular flexibility index (Phi) is 5.34. The molecule has 0 aromatic carbocycles. The maximum absolute atomic E-state index is 12.0. The molecule has 0 unspecified atom stereocenters. The van der Waals surface area contributed by atoms with E-state index in [1.807, 2.05) is 13.8 Å². The first-order valence-corrected chi connectivity index (χ1v) is 6.46. The summed E-state index contributed by atoms with van der Waals surface area (Å²) < 4.78 is 2.31. The summed E-state index contributed by atoms with van der Waals surface area (Å²) in [5, 5.41) is 6.89. The molecule has 0 saturated carbocycles. The minimum atomic E-state index is 0.0878. The lowest BCUT2D eigenvalue weighted by Crippen LogP contribution is -2.33. The number of nitrogens with one attached hydrogen (secondary N) is 1. The van der Waals surface area contributed by atoms with Crippen molar-refractivity contribution in [3.8, 4) is 0 Å². The van der Waals surface area contributed by atoms with Gasteiger partial charge in [0.1, 0.15) is 12.4 Å². The van der Waals surface area contributed by atoms with E-state index in [0.717, 1.165) is 31.8 Å². The van der Waals surface area contributed by atoms with Gasteiger partial charge in [-0.15, -0.1) is 0 Å². The lowest BCUT2D eigenvalue weighted by Gasteiger charge is -2.19. The highest BCUT2D eigenvalue weighted by Crippen LogP contribution is 2.03. The van der Waals surface area contributed by atoms with Crippen molar-refractivity contribution < 1.29 is 4.79 Å². The Morgan fingerprint density at radius 2 is 2.06 bits per heavy atom. The number of carbonyl (C=O) groups is 1. The predicted molar refractivity (Wildman–Crippen MR) is 69.3 cm³/mol. The molecule has 6 heteroatoms. The number of hydrogen-bond donors (Lipinski definition) is 1. The molecular formula is C11H20N4OS. The molecule has 1 amide bonds. The van der Waals surface area contributed by atoms with Crippen molar-refractivity contribution in [3.63, 3.8) is 0 Å². The van der Waals surface area contributed by atoms with Gasteiger partial charge >= 0.3 is 0 Å². The van der Waals surface area contributed by atoms with Gasteiger partial charge in [-0.3, -0.25) is 14.5 Å². The first-order valence-electron chi connectivity index (χ1n) is 6.05. The van der Waals surface area contributed by atoms with Gasteiger partial charge in [0.2, 0.25) is 5.91 Å². The van der Waals surface area contributed by atoms with Gasteiger partial charge < -0.3 is 4.90 Å². The Morgan fingerprint density at radius 3 is 2.59 bits per heavy atom. The SMILES string of the molecule is CCCc1n[nH]c(=S)n1CC(=O)N(CC)CC. The van der Waals surface area contributed by atoms with E-state index in [9.17, 15) is 4.79 Å². The zero-order valence-electron chi connectivity index (χ0n) is 10.7. The summed E-state index contributed by atoms with van der Waals surface area (Å²) in [4.78, 5) is 13.8. The van der Waals surface area contributed by atoms with Crippen molar-refractivity contribution in [2.75, 3.05) is 13.1 Å². The Hall–Kier alpha value is -1.17. The maximum Gasteiger partial charge on any atom is 0.242 e. The fraction of sp³-hybridized carbons (Fsp3) is 0.727. The minimum absolute atomic E-state index is 0.0878. The second-order valence-corrected chi connectivity index (χ2v) is 4.23. The summed E-state index contributed by atoms with van der Waals surface area (Å²) in [7, 11) is 0. The molecule has 1 heterocycles. The van der Waals surface area contributed by atoms with Crippen LogP contribution in [0, 0.1) is 4.77 Å². The van der Waals surface area contributed by atoms with Crippen LogP contribution in [0.3, 0.4) is 0 Å². The number of aromatic nitrogens is 3. The number of nitrogens with zero attached hydrogens (tertiary/aromatic N) is 3. The third-order valence-electron chi connectivity index (χ3n) is 2.72. The largest absolute Gasteiger partial charge is 0.342 e. The van der Waals surface area contributed by atoms with Crippen LogP contribution in [0.2, 0.25) is 0 Å². The van der Waals surface area contributed by atoms with Gasteiger partial charge in [0.15, 0.2) is 4.77 Å². The lowest BCUT2D eigenvalue weighted by atomic mass is 10.3. The van der Waals surface area contributed by atoms with E-state index in [2.05, 4.69) is 17.1 Å². The number of aryl methyl sites for hydroxylation is 1. The smallest absolute Gasteiger partial charge is 0.242 e. The summed E-state index contributed by atoms with van der Waals surface area (Å²) in [5.74, 6) is 0.947. The first kappa shape index (κ1) is 13.9. The standard InChI is InChI=1S/C11H20N4OS/c1-4-7-9-12-13-11(17)15(9)8-10(16)14(5-2)6-3/h4-8H2,1-3H3,(H,13,17). The Labute approximate surface area is 107 Å². The summed E-state index contributed by atoms with van der Waals surface area (Å²) >= 11 is 5.14. The highest BCUT2D eigenvalue weighted by molar-refractivity contribution is 7.71. The summed E-state index contributed by atoms with van der Waals surface area (Å²) in [6, 6.07) is 0. The number of hydrogen-bond acceptors (Lipinski definition) is 3. The number of H-pyrrole nitrogens is 1. The molecule has 17 heavy (non-hydrogen) atoms. The lowest BCUT2D eigenvalue weighted by molar-refractivity contribution is -0.131. The van der Waals surface area contributed by atoms with Gasteiger partial charge in [-0.25, -0.2) is 0 Å². The van der Waals surface area contributed by atoms with Gasteiger partial charge in [-0.2, -0.15) is 5.10 Å². The van der Waals surface area contributed by atoms with Crippen LogP contribution in [0.25, 0.3) is 0 Å². The van der Waals surface area contributed by atoms with E-state index in [-0.39, 0.29) is 12.5 Å². The van der Waals surface area contributed by atoms with Crippen molar-refractivity contribution in [1.29, 1.82) is 0 Å². The van der Waals surface area contributed by atoms with Crippen molar-refractivity contribution in [1.82, 2.24) is 19.7 Å². The quantitative estimate of drug-likeness (QED) is 0.789. The van der Waals surface area contributed by atoms with Crippen molar-refractivity contribution in [2.45, 2.75) is 40.2 Å². The average Bonchev–Trinajstić information content (AvgIpc) is 2.64. The number of likely N-dealkylation sites (N-methyl/N-ethyl adjacent to an activating group) is 1. The molecular weight excluding hydrogens is 236 g/mol. The monoisotopic (exact) mass is 256 g/mol. The van der Waals surface area contributed by atoms with Gasteiger partial charge in [-0.05, 0) is 32.5 Å². The zero-order valence-corrected chi connectivity index (χ0v) is 11.5. The molecule has 1 rings (SSSR count). The van der Waals surface area contributed by atoms with Gasteiger partial charge in [-0.1, -0.05) is 6.92 Å². The molecule has 0 aliphatic rings. The van der Waals surface area contributed by atoms with Crippen LogP contribution in [0.1, 0.15) is 33.0 Å². The third-order valence-corrected chi connectivity index (χ3v) is 3.03. The van der Waals surface area contributed by atoms with Crippen LogP contribution in [0.5, 0.6) is 0 Å². The number of amides is 1. The number of aromatic amines is 1. The van der Waals surface area contributed by atoms with E-state index in [4.69, 9.17) is 12.2 Å². The molecule has 0 bridgehead atoms. The maximum atomic E-state index is 12.0. The van der Waals surface area contributed by atoms with Crippen LogP contribution >= 0.6 is 12.2 Å². The highest BCUT2D eigenvalue weighted by Gasteiger charge is 2.13. The molecule has 0 atom stereocenters. The van der Waals surface area contributed by atoms with E-state index in [1.165, 1.54) is 0 Å². The van der Waals surface area contributed by atoms with Crippen molar-refractivity contribution >= 4 is 18.1 Å². The van der Waals surface area contributed by atoms with E-state index in [1.54, 1.807) is 9.47 Å².